The maximum atomic E-state index is 11.4. The van der Waals surface area contributed by atoms with Crippen molar-refractivity contribution < 1.29 is 14.7 Å². The Morgan fingerprint density at radius 3 is 2.65 bits per heavy atom. The van der Waals surface area contributed by atoms with Crippen molar-refractivity contribution in [1.82, 2.24) is 0 Å². The highest BCUT2D eigenvalue weighted by molar-refractivity contribution is 7.10. The number of carboxylic acid groups (broad SMARTS) is 1. The first-order valence-corrected chi connectivity index (χ1v) is 6.87. The third kappa shape index (κ3) is 3.09. The number of thiophene rings is 1. The fourth-order valence-electron chi connectivity index (χ4n) is 1.71. The van der Waals surface area contributed by atoms with Crippen LogP contribution in [0.4, 0.5) is 5.69 Å². The van der Waals surface area contributed by atoms with Gasteiger partial charge in [-0.1, -0.05) is 17.7 Å². The summed E-state index contributed by atoms with van der Waals surface area (Å²) in [4.78, 5) is 23.4. The maximum Gasteiger partial charge on any atom is 0.331 e. The molecule has 0 saturated carbocycles. The monoisotopic (exact) mass is 310 g/mol. The molecule has 7 heteroatoms. The second-order valence-electron chi connectivity index (χ2n) is 3.99. The number of carbonyl (C=O) groups is 2. The van der Waals surface area contributed by atoms with Crippen molar-refractivity contribution >= 4 is 40.5 Å². The minimum Gasteiger partial charge on any atom is -0.479 e. The van der Waals surface area contributed by atoms with E-state index < -0.39 is 17.9 Å². The first kappa shape index (κ1) is 14.4. The summed E-state index contributed by atoms with van der Waals surface area (Å²) in [7, 11) is 0. The molecule has 1 aromatic heterocycles. The Labute approximate surface area is 124 Å². The molecule has 0 radical (unpaired) electrons. The molecule has 104 valence electrons. The summed E-state index contributed by atoms with van der Waals surface area (Å²) in [6.07, 6.45) is 0. The van der Waals surface area contributed by atoms with Gasteiger partial charge in [-0.25, -0.2) is 4.79 Å². The molecule has 1 atom stereocenters. The number of carboxylic acids is 1. The third-order valence-corrected chi connectivity index (χ3v) is 3.79. The van der Waals surface area contributed by atoms with E-state index in [1.54, 1.807) is 23.6 Å². The average Bonchev–Trinajstić information content (AvgIpc) is 2.90. The van der Waals surface area contributed by atoms with Gasteiger partial charge in [-0.3, -0.25) is 4.79 Å². The number of aliphatic carboxylic acids is 1. The van der Waals surface area contributed by atoms with Gasteiger partial charge >= 0.3 is 5.97 Å². The number of primary amides is 1. The van der Waals surface area contributed by atoms with Crippen LogP contribution in [0, 0.1) is 0 Å². The lowest BCUT2D eigenvalue weighted by Crippen LogP contribution is -2.22. The van der Waals surface area contributed by atoms with Crippen molar-refractivity contribution in [2.24, 2.45) is 5.73 Å². The summed E-state index contributed by atoms with van der Waals surface area (Å²) in [6, 6.07) is 7.01. The van der Waals surface area contributed by atoms with Crippen molar-refractivity contribution in [3.8, 4) is 0 Å². The smallest absolute Gasteiger partial charge is 0.331 e. The van der Waals surface area contributed by atoms with Crippen LogP contribution in [-0.4, -0.2) is 17.0 Å². The van der Waals surface area contributed by atoms with Crippen LogP contribution < -0.4 is 11.1 Å². The second kappa shape index (κ2) is 5.94. The average molecular weight is 311 g/mol. The minimum atomic E-state index is -1.04. The Morgan fingerprint density at radius 1 is 1.35 bits per heavy atom. The molecule has 0 fully saturated rings. The van der Waals surface area contributed by atoms with Crippen LogP contribution in [0.25, 0.3) is 0 Å². The molecule has 0 aliphatic rings. The summed E-state index contributed by atoms with van der Waals surface area (Å²) in [5.74, 6) is -1.72. The van der Waals surface area contributed by atoms with Crippen LogP contribution in [0.5, 0.6) is 0 Å². The van der Waals surface area contributed by atoms with Gasteiger partial charge in [0.05, 0.1) is 5.56 Å². The number of benzene rings is 1. The molecule has 2 rings (SSSR count). The summed E-state index contributed by atoms with van der Waals surface area (Å²) in [5, 5.41) is 14.2. The van der Waals surface area contributed by atoms with E-state index in [9.17, 15) is 14.7 Å². The normalized spacial score (nSPS) is 11.8. The van der Waals surface area contributed by atoms with E-state index in [1.807, 2.05) is 0 Å². The van der Waals surface area contributed by atoms with Crippen LogP contribution in [0.2, 0.25) is 5.02 Å². The highest BCUT2D eigenvalue weighted by atomic mass is 35.5. The van der Waals surface area contributed by atoms with Gasteiger partial charge in [0.15, 0.2) is 6.04 Å². The Morgan fingerprint density at radius 2 is 2.10 bits per heavy atom. The van der Waals surface area contributed by atoms with Gasteiger partial charge in [-0.15, -0.1) is 11.3 Å². The highest BCUT2D eigenvalue weighted by Crippen LogP contribution is 2.27. The summed E-state index contributed by atoms with van der Waals surface area (Å²) in [6.45, 7) is 0. The van der Waals surface area contributed by atoms with Crippen LogP contribution in [-0.2, 0) is 4.79 Å². The van der Waals surface area contributed by atoms with Gasteiger partial charge in [-0.05, 0) is 29.6 Å². The molecule has 1 aromatic carbocycles. The third-order valence-electron chi connectivity index (χ3n) is 2.62. The zero-order valence-electron chi connectivity index (χ0n) is 10.2. The Hall–Kier alpha value is -2.05. The van der Waals surface area contributed by atoms with Crippen molar-refractivity contribution in [3.63, 3.8) is 0 Å². The second-order valence-corrected chi connectivity index (χ2v) is 5.40. The molecule has 1 amide bonds. The van der Waals surface area contributed by atoms with Crippen molar-refractivity contribution in [2.45, 2.75) is 6.04 Å². The topological polar surface area (TPSA) is 92.4 Å². The number of amides is 1. The van der Waals surface area contributed by atoms with Gasteiger partial charge in [-0.2, -0.15) is 0 Å². The fraction of sp³-hybridized carbons (Fsp3) is 0.0769. The van der Waals surface area contributed by atoms with Crippen molar-refractivity contribution in [1.29, 1.82) is 0 Å². The number of carbonyl (C=O) groups excluding carboxylic acids is 1. The van der Waals surface area contributed by atoms with Crippen LogP contribution in [0.1, 0.15) is 21.3 Å². The molecule has 1 unspecified atom stereocenters. The standard InChI is InChI=1S/C13H11ClN2O3S/c14-7-3-4-9(8(6-7)12(15)17)16-11(13(18)19)10-2-1-5-20-10/h1-6,11,16H,(H2,15,17)(H,18,19). The molecule has 0 bridgehead atoms. The van der Waals surface area contributed by atoms with E-state index in [0.29, 0.717) is 15.6 Å². The van der Waals surface area contributed by atoms with E-state index in [4.69, 9.17) is 17.3 Å². The molecular formula is C13H11ClN2O3S. The van der Waals surface area contributed by atoms with Gasteiger partial charge in [0.2, 0.25) is 0 Å². The first-order chi connectivity index (χ1) is 9.49. The lowest BCUT2D eigenvalue weighted by atomic mass is 10.1. The van der Waals surface area contributed by atoms with E-state index >= 15 is 0 Å². The van der Waals surface area contributed by atoms with E-state index in [2.05, 4.69) is 5.32 Å². The Balaban J connectivity index is 2.37. The molecule has 0 aliphatic heterocycles. The first-order valence-electron chi connectivity index (χ1n) is 5.61. The molecule has 1 heterocycles. The number of rotatable bonds is 5. The van der Waals surface area contributed by atoms with E-state index in [0.717, 1.165) is 0 Å². The van der Waals surface area contributed by atoms with Gasteiger partial charge in [0, 0.05) is 15.6 Å². The maximum absolute atomic E-state index is 11.4. The predicted molar refractivity (Wildman–Crippen MR) is 78.3 cm³/mol. The number of hydrogen-bond donors (Lipinski definition) is 3. The molecular weight excluding hydrogens is 300 g/mol. The largest absolute Gasteiger partial charge is 0.479 e. The number of anilines is 1. The molecule has 0 saturated heterocycles. The molecule has 4 N–H and O–H groups in total. The fourth-order valence-corrected chi connectivity index (χ4v) is 2.65. The van der Waals surface area contributed by atoms with Crippen LogP contribution in [0.15, 0.2) is 35.7 Å². The lowest BCUT2D eigenvalue weighted by molar-refractivity contribution is -0.138. The van der Waals surface area contributed by atoms with E-state index in [1.165, 1.54) is 23.5 Å². The predicted octanol–water partition coefficient (Wildman–Crippen LogP) is 2.74. The number of nitrogens with two attached hydrogens (primary N) is 1. The summed E-state index contributed by atoms with van der Waals surface area (Å²) < 4.78 is 0. The molecule has 5 nitrogen and oxygen atoms in total. The Bertz CT molecular complexity index is 643. The van der Waals surface area contributed by atoms with Crippen LogP contribution in [0.3, 0.4) is 0 Å². The number of halogens is 1. The van der Waals surface area contributed by atoms with Gasteiger partial charge < -0.3 is 16.2 Å². The minimum absolute atomic E-state index is 0.153. The lowest BCUT2D eigenvalue weighted by Gasteiger charge is -2.16. The molecule has 0 aliphatic carbocycles. The number of hydrogen-bond acceptors (Lipinski definition) is 4. The highest BCUT2D eigenvalue weighted by Gasteiger charge is 2.22. The van der Waals surface area contributed by atoms with Gasteiger partial charge in [0.1, 0.15) is 0 Å². The summed E-state index contributed by atoms with van der Waals surface area (Å²) in [5.41, 5.74) is 5.76. The van der Waals surface area contributed by atoms with Crippen LogP contribution >= 0.6 is 22.9 Å². The molecule has 0 spiro atoms. The number of nitrogens with one attached hydrogen (secondary N) is 1. The molecule has 2 aromatic rings. The van der Waals surface area contributed by atoms with Gasteiger partial charge in [0.25, 0.3) is 5.91 Å². The summed E-state index contributed by atoms with van der Waals surface area (Å²) >= 11 is 7.12. The zero-order chi connectivity index (χ0) is 14.7. The Kier molecular flexibility index (Phi) is 4.26. The van der Waals surface area contributed by atoms with Crippen molar-refractivity contribution in [3.05, 3.63) is 51.2 Å². The SMILES string of the molecule is NC(=O)c1cc(Cl)ccc1NC(C(=O)O)c1cccs1. The van der Waals surface area contributed by atoms with E-state index in [-0.39, 0.29) is 5.56 Å². The van der Waals surface area contributed by atoms with Crippen molar-refractivity contribution in [2.75, 3.05) is 5.32 Å². The zero-order valence-corrected chi connectivity index (χ0v) is 11.7. The quantitative estimate of drug-likeness (QED) is 0.791. The molecule has 20 heavy (non-hydrogen) atoms.